The number of ether oxygens (including phenoxy) is 1. The number of furan rings is 1. The van der Waals surface area contributed by atoms with Gasteiger partial charge in [-0.15, -0.1) is 6.58 Å². The topological polar surface area (TPSA) is 95.3 Å². The number of urea groups is 1. The van der Waals surface area contributed by atoms with E-state index in [0.717, 1.165) is 11.1 Å². The minimum absolute atomic E-state index is 0.143. The maximum absolute atomic E-state index is 13.3. The molecular formula is C27H32N4O5. The Kier molecular flexibility index (Phi) is 7.90. The first-order valence-corrected chi connectivity index (χ1v) is 12.1. The van der Waals surface area contributed by atoms with E-state index in [4.69, 9.17) is 9.15 Å². The van der Waals surface area contributed by atoms with Crippen molar-refractivity contribution in [3.63, 3.8) is 0 Å². The van der Waals surface area contributed by atoms with Crippen molar-refractivity contribution >= 4 is 17.9 Å². The third kappa shape index (κ3) is 5.21. The van der Waals surface area contributed by atoms with Gasteiger partial charge in [0, 0.05) is 45.0 Å². The van der Waals surface area contributed by atoms with Gasteiger partial charge in [-0.05, 0) is 37.1 Å². The van der Waals surface area contributed by atoms with Crippen LogP contribution in [0.25, 0.3) is 0 Å². The molecule has 1 aromatic heterocycles. The van der Waals surface area contributed by atoms with Crippen LogP contribution >= 0.6 is 0 Å². The van der Waals surface area contributed by atoms with Crippen LogP contribution in [0.5, 0.6) is 0 Å². The summed E-state index contributed by atoms with van der Waals surface area (Å²) in [5.41, 5.74) is 2.82. The van der Waals surface area contributed by atoms with Crippen molar-refractivity contribution in [2.45, 2.75) is 19.9 Å². The molecule has 1 atom stereocenters. The second kappa shape index (κ2) is 11.3. The number of rotatable bonds is 8. The lowest BCUT2D eigenvalue weighted by atomic mass is 9.91. The van der Waals surface area contributed by atoms with Gasteiger partial charge in [-0.25, -0.2) is 9.59 Å². The molecule has 9 heteroatoms. The van der Waals surface area contributed by atoms with Crippen LogP contribution in [-0.4, -0.2) is 78.5 Å². The predicted octanol–water partition coefficient (Wildman–Crippen LogP) is 3.12. The molecule has 3 amide bonds. The first kappa shape index (κ1) is 25.2. The Bertz CT molecular complexity index is 1150. The minimum Gasteiger partial charge on any atom is -0.463 e. The maximum Gasteiger partial charge on any atom is 0.338 e. The van der Waals surface area contributed by atoms with Crippen LogP contribution in [0.3, 0.4) is 0 Å². The lowest BCUT2D eigenvalue weighted by Crippen LogP contribution is -2.54. The number of carbonyl (C=O) groups excluding carboxylic acids is 3. The van der Waals surface area contributed by atoms with Gasteiger partial charge in [-0.1, -0.05) is 30.3 Å². The zero-order valence-electron chi connectivity index (χ0n) is 20.7. The molecule has 1 unspecified atom stereocenters. The number of hydrogen-bond donors (Lipinski definition) is 1. The second-order valence-corrected chi connectivity index (χ2v) is 8.76. The van der Waals surface area contributed by atoms with Crippen LogP contribution in [0.1, 0.15) is 34.6 Å². The van der Waals surface area contributed by atoms with Crippen molar-refractivity contribution in [1.29, 1.82) is 0 Å². The van der Waals surface area contributed by atoms with Crippen molar-refractivity contribution in [2.24, 2.45) is 0 Å². The molecular weight excluding hydrogens is 460 g/mol. The van der Waals surface area contributed by atoms with Gasteiger partial charge < -0.3 is 19.4 Å². The molecule has 1 fully saturated rings. The number of piperazine rings is 1. The minimum atomic E-state index is -0.629. The molecule has 9 nitrogen and oxygen atoms in total. The molecule has 0 saturated carbocycles. The normalized spacial score (nSPS) is 18.7. The third-order valence-corrected chi connectivity index (χ3v) is 6.51. The van der Waals surface area contributed by atoms with Gasteiger partial charge in [0.2, 0.25) is 0 Å². The van der Waals surface area contributed by atoms with Gasteiger partial charge in [0.15, 0.2) is 5.76 Å². The van der Waals surface area contributed by atoms with Crippen molar-refractivity contribution in [3.8, 4) is 0 Å². The van der Waals surface area contributed by atoms with Gasteiger partial charge in [0.25, 0.3) is 5.91 Å². The van der Waals surface area contributed by atoms with Gasteiger partial charge in [-0.3, -0.25) is 14.6 Å². The summed E-state index contributed by atoms with van der Waals surface area (Å²) in [4.78, 5) is 44.6. The van der Waals surface area contributed by atoms with Crippen LogP contribution < -0.4 is 5.32 Å². The summed E-state index contributed by atoms with van der Waals surface area (Å²) in [5.74, 6) is -0.282. The number of esters is 1. The lowest BCUT2D eigenvalue weighted by molar-refractivity contribution is -0.139. The molecule has 190 valence electrons. The molecule has 2 aromatic rings. The number of carbonyl (C=O) groups is 3. The number of amides is 3. The second-order valence-electron chi connectivity index (χ2n) is 8.76. The van der Waals surface area contributed by atoms with E-state index in [1.807, 2.05) is 31.2 Å². The highest BCUT2D eigenvalue weighted by molar-refractivity contribution is 5.95. The molecule has 2 aliphatic heterocycles. The number of nitrogens with one attached hydrogen (secondary N) is 1. The average molecular weight is 493 g/mol. The summed E-state index contributed by atoms with van der Waals surface area (Å²) in [6.45, 7) is 10.5. The molecule has 0 aliphatic carbocycles. The highest BCUT2D eigenvalue weighted by Crippen LogP contribution is 2.33. The van der Waals surface area contributed by atoms with Crippen LogP contribution in [0.2, 0.25) is 0 Å². The fraction of sp³-hybridized carbons (Fsp3) is 0.370. The van der Waals surface area contributed by atoms with Crippen LogP contribution in [0.15, 0.2) is 71.0 Å². The van der Waals surface area contributed by atoms with Crippen molar-refractivity contribution in [2.75, 3.05) is 45.9 Å². The largest absolute Gasteiger partial charge is 0.463 e. The third-order valence-electron chi connectivity index (χ3n) is 6.51. The molecule has 1 saturated heterocycles. The smallest absolute Gasteiger partial charge is 0.338 e. The molecule has 4 rings (SSSR count). The zero-order valence-corrected chi connectivity index (χ0v) is 20.7. The fourth-order valence-electron chi connectivity index (χ4n) is 4.67. The van der Waals surface area contributed by atoms with Crippen LogP contribution in [0.4, 0.5) is 4.79 Å². The van der Waals surface area contributed by atoms with Gasteiger partial charge in [0.1, 0.15) is 0 Å². The number of nitrogens with zero attached hydrogens (tertiary/aromatic N) is 3. The SMILES string of the molecule is C=CCN1C(=O)NC(c2ccccc2C)C(C(=O)OCC)=C1CN1CCN(C(=O)c2ccco2)CC1. The van der Waals surface area contributed by atoms with E-state index in [1.165, 1.54) is 6.26 Å². The lowest BCUT2D eigenvalue weighted by Gasteiger charge is -2.40. The van der Waals surface area contributed by atoms with E-state index in [9.17, 15) is 14.4 Å². The summed E-state index contributed by atoms with van der Waals surface area (Å²) < 4.78 is 10.7. The highest BCUT2D eigenvalue weighted by atomic mass is 16.5. The summed E-state index contributed by atoms with van der Waals surface area (Å²) in [6.07, 6.45) is 3.12. The van der Waals surface area contributed by atoms with Gasteiger partial charge in [0.05, 0.1) is 24.5 Å². The fourth-order valence-corrected chi connectivity index (χ4v) is 4.67. The molecule has 1 aromatic carbocycles. The van der Waals surface area contributed by atoms with Gasteiger partial charge in [-0.2, -0.15) is 0 Å². The summed E-state index contributed by atoms with van der Waals surface area (Å²) in [7, 11) is 0. The molecule has 2 aliphatic rings. The molecule has 0 bridgehead atoms. The van der Waals surface area contributed by atoms with E-state index in [1.54, 1.807) is 34.9 Å². The Morgan fingerprint density at radius 3 is 2.56 bits per heavy atom. The Morgan fingerprint density at radius 1 is 1.17 bits per heavy atom. The van der Waals surface area contributed by atoms with E-state index in [2.05, 4.69) is 16.8 Å². The summed E-state index contributed by atoms with van der Waals surface area (Å²) in [5, 5.41) is 3.00. The van der Waals surface area contributed by atoms with E-state index >= 15 is 0 Å². The zero-order chi connectivity index (χ0) is 25.7. The average Bonchev–Trinajstić information content (AvgIpc) is 3.41. The summed E-state index contributed by atoms with van der Waals surface area (Å²) >= 11 is 0. The van der Waals surface area contributed by atoms with Crippen molar-refractivity contribution in [1.82, 2.24) is 20.0 Å². The highest BCUT2D eigenvalue weighted by Gasteiger charge is 2.39. The Balaban J connectivity index is 1.65. The van der Waals surface area contributed by atoms with E-state index < -0.39 is 12.0 Å². The predicted molar refractivity (Wildman–Crippen MR) is 134 cm³/mol. The van der Waals surface area contributed by atoms with Crippen LogP contribution in [-0.2, 0) is 9.53 Å². The number of benzene rings is 1. The quantitative estimate of drug-likeness (QED) is 0.450. The Labute approximate surface area is 211 Å². The van der Waals surface area contributed by atoms with Gasteiger partial charge >= 0.3 is 12.0 Å². The summed E-state index contributed by atoms with van der Waals surface area (Å²) in [6, 6.07) is 10.1. The standard InChI is InChI=1S/C27H32N4O5/c1-4-12-31-21(18-29-13-15-30(16-14-29)25(32)22-11-8-17-36-22)23(26(33)35-5-2)24(28-27(31)34)20-10-7-6-9-19(20)3/h4,6-11,17,24H,1,5,12-16,18H2,2-3H3,(H,28,34). The molecule has 0 spiro atoms. The molecule has 36 heavy (non-hydrogen) atoms. The van der Waals surface area contributed by atoms with E-state index in [-0.39, 0.29) is 25.1 Å². The first-order valence-electron chi connectivity index (χ1n) is 12.1. The monoisotopic (exact) mass is 492 g/mol. The Hall–Kier alpha value is -3.85. The molecule has 1 N–H and O–H groups in total. The number of aryl methyl sites for hydroxylation is 1. The number of hydrogen-bond acceptors (Lipinski definition) is 6. The molecule has 3 heterocycles. The van der Waals surface area contributed by atoms with Crippen molar-refractivity contribution < 1.29 is 23.5 Å². The molecule has 0 radical (unpaired) electrons. The van der Waals surface area contributed by atoms with Crippen LogP contribution in [0, 0.1) is 6.92 Å². The van der Waals surface area contributed by atoms with Crippen molar-refractivity contribution in [3.05, 3.63) is 83.5 Å². The van der Waals surface area contributed by atoms with E-state index in [0.29, 0.717) is 49.8 Å². The maximum atomic E-state index is 13.3. The first-order chi connectivity index (χ1) is 17.4. The Morgan fingerprint density at radius 2 is 1.92 bits per heavy atom.